The molecule has 0 bridgehead atoms. The summed E-state index contributed by atoms with van der Waals surface area (Å²) in [7, 11) is 0. The summed E-state index contributed by atoms with van der Waals surface area (Å²) in [6, 6.07) is 23.1. The Morgan fingerprint density at radius 1 is 0.885 bits per heavy atom. The van der Waals surface area contributed by atoms with Crippen molar-refractivity contribution in [2.45, 2.75) is 6.42 Å². The van der Waals surface area contributed by atoms with Crippen molar-refractivity contribution in [1.82, 2.24) is 4.90 Å². The van der Waals surface area contributed by atoms with Crippen LogP contribution < -0.4 is 4.90 Å². The van der Waals surface area contributed by atoms with E-state index in [2.05, 4.69) is 58.3 Å². The van der Waals surface area contributed by atoms with Gasteiger partial charge < -0.3 is 9.80 Å². The third-order valence-electron chi connectivity index (χ3n) is 5.03. The van der Waals surface area contributed by atoms with Gasteiger partial charge in [-0.05, 0) is 34.5 Å². The summed E-state index contributed by atoms with van der Waals surface area (Å²) in [6.07, 6.45) is 0.827. The van der Waals surface area contributed by atoms with Crippen LogP contribution in [0.3, 0.4) is 0 Å². The lowest BCUT2D eigenvalue weighted by Gasteiger charge is -2.37. The van der Waals surface area contributed by atoms with Crippen LogP contribution in [0, 0.1) is 0 Å². The average Bonchev–Trinajstić information content (AvgIpc) is 2.68. The summed E-state index contributed by atoms with van der Waals surface area (Å²) >= 11 is 11.9. The lowest BCUT2D eigenvalue weighted by Crippen LogP contribution is -2.48. The highest BCUT2D eigenvalue weighted by Crippen LogP contribution is 2.23. The van der Waals surface area contributed by atoms with Gasteiger partial charge in [0.1, 0.15) is 0 Å². The van der Waals surface area contributed by atoms with Crippen LogP contribution in [-0.4, -0.2) is 36.1 Å². The molecule has 0 N–H and O–H groups in total. The third-order valence-corrected chi connectivity index (χ3v) is 5.66. The van der Waals surface area contributed by atoms with E-state index in [1.54, 1.807) is 0 Å². The zero-order valence-corrected chi connectivity index (χ0v) is 16.1. The van der Waals surface area contributed by atoms with E-state index >= 15 is 0 Å². The largest absolute Gasteiger partial charge is 0.368 e. The Balaban J connectivity index is 1.42. The molecule has 2 nitrogen and oxygen atoms in total. The SMILES string of the molecule is S=C(Cc1cccc2ccccc12)N1CCN(c2cccc(Cl)c2)CC1. The zero-order chi connectivity index (χ0) is 17.9. The van der Waals surface area contributed by atoms with Crippen molar-refractivity contribution in [1.29, 1.82) is 0 Å². The van der Waals surface area contributed by atoms with E-state index in [1.807, 2.05) is 18.2 Å². The van der Waals surface area contributed by atoms with Crippen LogP contribution >= 0.6 is 23.8 Å². The maximum Gasteiger partial charge on any atom is 0.0825 e. The number of thiocarbonyl (C=S) groups is 1. The molecule has 1 aliphatic heterocycles. The van der Waals surface area contributed by atoms with Crippen molar-refractivity contribution < 1.29 is 0 Å². The van der Waals surface area contributed by atoms with Crippen LogP contribution in [0.5, 0.6) is 0 Å². The van der Waals surface area contributed by atoms with E-state index in [1.165, 1.54) is 22.0 Å². The molecule has 132 valence electrons. The Morgan fingerprint density at radius 2 is 1.62 bits per heavy atom. The Bertz CT molecular complexity index is 927. The minimum atomic E-state index is 0.788. The Kier molecular flexibility index (Phi) is 5.09. The van der Waals surface area contributed by atoms with E-state index < -0.39 is 0 Å². The summed E-state index contributed by atoms with van der Waals surface area (Å²) in [4.78, 5) is 5.76. The number of benzene rings is 3. The van der Waals surface area contributed by atoms with Crippen molar-refractivity contribution in [3.05, 3.63) is 77.3 Å². The monoisotopic (exact) mass is 380 g/mol. The Hall–Kier alpha value is -2.10. The minimum absolute atomic E-state index is 0.788. The third kappa shape index (κ3) is 3.69. The van der Waals surface area contributed by atoms with Crippen molar-refractivity contribution in [3.8, 4) is 0 Å². The molecule has 3 aromatic carbocycles. The van der Waals surface area contributed by atoms with Gasteiger partial charge >= 0.3 is 0 Å². The molecular weight excluding hydrogens is 360 g/mol. The van der Waals surface area contributed by atoms with Crippen LogP contribution in [0.25, 0.3) is 10.8 Å². The second-order valence-electron chi connectivity index (χ2n) is 6.66. The second kappa shape index (κ2) is 7.65. The van der Waals surface area contributed by atoms with Gasteiger partial charge in [-0.25, -0.2) is 0 Å². The second-order valence-corrected chi connectivity index (χ2v) is 7.57. The van der Waals surface area contributed by atoms with Gasteiger partial charge in [0.25, 0.3) is 0 Å². The molecule has 3 aromatic rings. The zero-order valence-electron chi connectivity index (χ0n) is 14.6. The summed E-state index contributed by atoms with van der Waals surface area (Å²) in [6.45, 7) is 3.85. The number of piperazine rings is 1. The number of anilines is 1. The number of rotatable bonds is 3. The predicted molar refractivity (Wildman–Crippen MR) is 115 cm³/mol. The average molecular weight is 381 g/mol. The highest BCUT2D eigenvalue weighted by molar-refractivity contribution is 7.80. The fourth-order valence-corrected chi connectivity index (χ4v) is 4.13. The number of fused-ring (bicyclic) bond motifs is 1. The maximum absolute atomic E-state index is 6.12. The summed E-state index contributed by atoms with van der Waals surface area (Å²) < 4.78 is 0. The van der Waals surface area contributed by atoms with Gasteiger partial charge in [0.05, 0.1) is 4.99 Å². The predicted octanol–water partition coefficient (Wildman–Crippen LogP) is 5.19. The van der Waals surface area contributed by atoms with Crippen molar-refractivity contribution in [3.63, 3.8) is 0 Å². The molecule has 4 rings (SSSR count). The molecule has 0 radical (unpaired) electrons. The quantitative estimate of drug-likeness (QED) is 0.577. The molecule has 0 saturated carbocycles. The molecule has 26 heavy (non-hydrogen) atoms. The molecule has 0 amide bonds. The molecule has 0 aliphatic carbocycles. The standard InChI is InChI=1S/C22H21ClN2S/c23-19-8-4-9-20(16-19)24-11-13-25(14-12-24)22(26)15-18-7-3-6-17-5-1-2-10-21(17)18/h1-10,16H,11-15H2. The normalized spacial score (nSPS) is 14.7. The first-order valence-electron chi connectivity index (χ1n) is 8.96. The number of halogens is 1. The lowest BCUT2D eigenvalue weighted by molar-refractivity contribution is 0.387. The van der Waals surface area contributed by atoms with Crippen LogP contribution in [0.4, 0.5) is 5.69 Å². The van der Waals surface area contributed by atoms with Crippen LogP contribution in [0.15, 0.2) is 66.7 Å². The number of hydrogen-bond donors (Lipinski definition) is 0. The van der Waals surface area contributed by atoms with Gasteiger partial charge in [0, 0.05) is 43.3 Å². The molecule has 4 heteroatoms. The molecule has 1 saturated heterocycles. The van der Waals surface area contributed by atoms with Gasteiger partial charge in [-0.3, -0.25) is 0 Å². The van der Waals surface area contributed by atoms with Crippen molar-refractivity contribution >= 4 is 45.3 Å². The fourth-order valence-electron chi connectivity index (χ4n) is 3.61. The molecule has 0 unspecified atom stereocenters. The summed E-state index contributed by atoms with van der Waals surface area (Å²) in [5.41, 5.74) is 2.50. The van der Waals surface area contributed by atoms with Gasteiger partial charge in [-0.1, -0.05) is 72.3 Å². The van der Waals surface area contributed by atoms with E-state index in [0.29, 0.717) is 0 Å². The van der Waals surface area contributed by atoms with Gasteiger partial charge in [0.2, 0.25) is 0 Å². The van der Waals surface area contributed by atoms with Crippen LogP contribution in [-0.2, 0) is 6.42 Å². The smallest absolute Gasteiger partial charge is 0.0825 e. The van der Waals surface area contributed by atoms with Gasteiger partial charge in [-0.15, -0.1) is 0 Å². The topological polar surface area (TPSA) is 6.48 Å². The first kappa shape index (κ1) is 17.3. The first-order valence-corrected chi connectivity index (χ1v) is 9.74. The van der Waals surface area contributed by atoms with E-state index in [9.17, 15) is 0 Å². The highest BCUT2D eigenvalue weighted by Gasteiger charge is 2.19. The minimum Gasteiger partial charge on any atom is -0.368 e. The first-order chi connectivity index (χ1) is 12.7. The van der Waals surface area contributed by atoms with Crippen molar-refractivity contribution in [2.24, 2.45) is 0 Å². The van der Waals surface area contributed by atoms with Gasteiger partial charge in [-0.2, -0.15) is 0 Å². The van der Waals surface area contributed by atoms with E-state index in [4.69, 9.17) is 23.8 Å². The molecular formula is C22H21ClN2S. The molecule has 0 atom stereocenters. The molecule has 1 fully saturated rings. The molecule has 1 aliphatic rings. The fraction of sp³-hybridized carbons (Fsp3) is 0.227. The maximum atomic E-state index is 6.12. The van der Waals surface area contributed by atoms with Gasteiger partial charge in [0.15, 0.2) is 0 Å². The number of hydrogen-bond acceptors (Lipinski definition) is 2. The summed E-state index contributed by atoms with van der Waals surface area (Å²) in [5.74, 6) is 0. The Morgan fingerprint density at radius 3 is 2.42 bits per heavy atom. The van der Waals surface area contributed by atoms with Crippen LogP contribution in [0.1, 0.15) is 5.56 Å². The lowest BCUT2D eigenvalue weighted by atomic mass is 10.0. The van der Waals surface area contributed by atoms with E-state index in [-0.39, 0.29) is 0 Å². The highest BCUT2D eigenvalue weighted by atomic mass is 35.5. The molecule has 0 aromatic heterocycles. The molecule has 1 heterocycles. The Labute approximate surface area is 165 Å². The molecule has 0 spiro atoms. The summed E-state index contributed by atoms with van der Waals surface area (Å²) in [5, 5.41) is 3.37. The number of nitrogens with zero attached hydrogens (tertiary/aromatic N) is 2. The van der Waals surface area contributed by atoms with E-state index in [0.717, 1.165) is 42.6 Å². The van der Waals surface area contributed by atoms with Crippen LogP contribution in [0.2, 0.25) is 5.02 Å². The van der Waals surface area contributed by atoms with Crippen molar-refractivity contribution in [2.75, 3.05) is 31.1 Å².